The first-order chi connectivity index (χ1) is 4.13. The molecule has 0 aromatic carbocycles. The summed E-state index contributed by atoms with van der Waals surface area (Å²) in [6.07, 6.45) is 0. The van der Waals surface area contributed by atoms with Crippen molar-refractivity contribution >= 4 is 11.8 Å². The van der Waals surface area contributed by atoms with Gasteiger partial charge in [0.1, 0.15) is 0 Å². The lowest BCUT2D eigenvalue weighted by Gasteiger charge is -1.81. The van der Waals surface area contributed by atoms with E-state index in [0.717, 1.165) is 0 Å². The molecule has 3 heteroatoms. The standard InChI is InChI=1S/C6H5NO2/c1-3-4(2)6(9)7-5(3)8/h1-2H2,(H,7,8,9). The number of carbonyl (C=O) groups is 2. The van der Waals surface area contributed by atoms with Crippen molar-refractivity contribution in [3.8, 4) is 0 Å². The molecule has 0 aromatic heterocycles. The molecule has 0 aromatic rings. The zero-order chi connectivity index (χ0) is 7.02. The minimum atomic E-state index is -0.440. The SMILES string of the molecule is C=C1C(=C)C(=O)NC1=O. The van der Waals surface area contributed by atoms with Gasteiger partial charge in [-0.15, -0.1) is 0 Å². The third-order valence-corrected chi connectivity index (χ3v) is 1.14. The Hall–Kier alpha value is -1.38. The third-order valence-electron chi connectivity index (χ3n) is 1.14. The minimum Gasteiger partial charge on any atom is -0.288 e. The van der Waals surface area contributed by atoms with Crippen molar-refractivity contribution in [1.29, 1.82) is 0 Å². The minimum absolute atomic E-state index is 0.167. The van der Waals surface area contributed by atoms with E-state index in [9.17, 15) is 9.59 Å². The largest absolute Gasteiger partial charge is 0.288 e. The fourth-order valence-corrected chi connectivity index (χ4v) is 0.528. The molecule has 1 aliphatic heterocycles. The Balaban J connectivity index is 3.04. The summed E-state index contributed by atoms with van der Waals surface area (Å²) >= 11 is 0. The van der Waals surface area contributed by atoms with E-state index in [4.69, 9.17) is 0 Å². The van der Waals surface area contributed by atoms with Gasteiger partial charge >= 0.3 is 0 Å². The van der Waals surface area contributed by atoms with Crippen molar-refractivity contribution in [2.75, 3.05) is 0 Å². The van der Waals surface area contributed by atoms with E-state index in [2.05, 4.69) is 13.2 Å². The van der Waals surface area contributed by atoms with Crippen LogP contribution in [0.2, 0.25) is 0 Å². The van der Waals surface area contributed by atoms with Crippen molar-refractivity contribution in [3.63, 3.8) is 0 Å². The van der Waals surface area contributed by atoms with E-state index in [1.165, 1.54) is 0 Å². The first kappa shape index (κ1) is 5.75. The lowest BCUT2D eigenvalue weighted by molar-refractivity contribution is -0.123. The van der Waals surface area contributed by atoms with Gasteiger partial charge in [-0.25, -0.2) is 0 Å². The molecule has 0 radical (unpaired) electrons. The average Bonchev–Trinajstić information content (AvgIpc) is 1.98. The van der Waals surface area contributed by atoms with Crippen LogP contribution < -0.4 is 5.32 Å². The second kappa shape index (κ2) is 1.55. The van der Waals surface area contributed by atoms with Crippen LogP contribution in [0.5, 0.6) is 0 Å². The molecule has 9 heavy (non-hydrogen) atoms. The monoisotopic (exact) mass is 123 g/mol. The summed E-state index contributed by atoms with van der Waals surface area (Å²) in [6.45, 7) is 6.67. The van der Waals surface area contributed by atoms with Crippen LogP contribution in [0.4, 0.5) is 0 Å². The smallest absolute Gasteiger partial charge is 0.258 e. The second-order valence-corrected chi connectivity index (χ2v) is 1.74. The van der Waals surface area contributed by atoms with Crippen LogP contribution in [0.25, 0.3) is 0 Å². The second-order valence-electron chi connectivity index (χ2n) is 1.74. The first-order valence-electron chi connectivity index (χ1n) is 2.37. The highest BCUT2D eigenvalue weighted by Gasteiger charge is 2.26. The van der Waals surface area contributed by atoms with E-state index in [0.29, 0.717) is 0 Å². The Morgan fingerprint density at radius 1 is 1.00 bits per heavy atom. The Kier molecular flexibility index (Phi) is 0.990. The van der Waals surface area contributed by atoms with E-state index in [-0.39, 0.29) is 11.1 Å². The van der Waals surface area contributed by atoms with Crippen molar-refractivity contribution in [2.45, 2.75) is 0 Å². The van der Waals surface area contributed by atoms with Gasteiger partial charge in [-0.05, 0) is 0 Å². The summed E-state index contributed by atoms with van der Waals surface area (Å²) in [7, 11) is 0. The fourth-order valence-electron chi connectivity index (χ4n) is 0.528. The number of rotatable bonds is 0. The van der Waals surface area contributed by atoms with Crippen LogP contribution >= 0.6 is 0 Å². The molecule has 1 heterocycles. The van der Waals surface area contributed by atoms with E-state index in [1.807, 2.05) is 5.32 Å². The molecule has 1 rings (SSSR count). The zero-order valence-corrected chi connectivity index (χ0v) is 4.73. The van der Waals surface area contributed by atoms with Crippen LogP contribution in [-0.2, 0) is 9.59 Å². The molecule has 0 atom stereocenters. The number of hydrogen-bond donors (Lipinski definition) is 1. The normalized spacial score (nSPS) is 18.7. The lowest BCUT2D eigenvalue weighted by Crippen LogP contribution is -2.19. The van der Waals surface area contributed by atoms with Gasteiger partial charge < -0.3 is 0 Å². The van der Waals surface area contributed by atoms with Crippen molar-refractivity contribution in [1.82, 2.24) is 5.32 Å². The predicted molar refractivity (Wildman–Crippen MR) is 31.4 cm³/mol. The van der Waals surface area contributed by atoms with Crippen molar-refractivity contribution in [3.05, 3.63) is 24.3 Å². The van der Waals surface area contributed by atoms with E-state index >= 15 is 0 Å². The van der Waals surface area contributed by atoms with Crippen molar-refractivity contribution < 1.29 is 9.59 Å². The molecule has 3 nitrogen and oxygen atoms in total. The van der Waals surface area contributed by atoms with Crippen LogP contribution in [0.3, 0.4) is 0 Å². The summed E-state index contributed by atoms with van der Waals surface area (Å²) in [4.78, 5) is 21.0. The zero-order valence-electron chi connectivity index (χ0n) is 4.73. The topological polar surface area (TPSA) is 46.2 Å². The van der Waals surface area contributed by atoms with E-state index < -0.39 is 11.8 Å². The Morgan fingerprint density at radius 2 is 1.33 bits per heavy atom. The van der Waals surface area contributed by atoms with Crippen LogP contribution in [-0.4, -0.2) is 11.8 Å². The number of carbonyl (C=O) groups excluding carboxylic acids is 2. The average molecular weight is 123 g/mol. The predicted octanol–water partition coefficient (Wildman–Crippen LogP) is -0.245. The Labute approximate surface area is 52.1 Å². The molecule has 0 aliphatic carbocycles. The molecular weight excluding hydrogens is 118 g/mol. The highest BCUT2D eigenvalue weighted by Crippen LogP contribution is 2.11. The van der Waals surface area contributed by atoms with E-state index in [1.54, 1.807) is 0 Å². The highest BCUT2D eigenvalue weighted by molar-refractivity contribution is 6.23. The molecule has 0 unspecified atom stereocenters. The molecule has 1 saturated heterocycles. The lowest BCUT2D eigenvalue weighted by atomic mass is 10.2. The summed E-state index contributed by atoms with van der Waals surface area (Å²) in [6, 6.07) is 0. The van der Waals surface area contributed by atoms with Gasteiger partial charge in [0, 0.05) is 11.1 Å². The highest BCUT2D eigenvalue weighted by atomic mass is 16.2. The third kappa shape index (κ3) is 0.661. The molecule has 46 valence electrons. The molecule has 0 saturated carbocycles. The first-order valence-corrected chi connectivity index (χ1v) is 2.37. The summed E-state index contributed by atoms with van der Waals surface area (Å²) < 4.78 is 0. The quantitative estimate of drug-likeness (QED) is 0.357. The number of amides is 2. The maximum absolute atomic E-state index is 10.5. The molecule has 0 bridgehead atoms. The summed E-state index contributed by atoms with van der Waals surface area (Å²) in [5.41, 5.74) is 0.333. The van der Waals surface area contributed by atoms with Crippen LogP contribution in [0.15, 0.2) is 24.3 Å². The maximum Gasteiger partial charge on any atom is 0.258 e. The molecule has 1 aliphatic rings. The number of nitrogens with one attached hydrogen (secondary N) is 1. The summed E-state index contributed by atoms with van der Waals surface area (Å²) in [5.74, 6) is -0.880. The summed E-state index contributed by atoms with van der Waals surface area (Å²) in [5, 5.41) is 2.04. The van der Waals surface area contributed by atoms with Gasteiger partial charge in [-0.2, -0.15) is 0 Å². The maximum atomic E-state index is 10.5. The van der Waals surface area contributed by atoms with Gasteiger partial charge in [0.2, 0.25) is 0 Å². The molecule has 1 N–H and O–H groups in total. The molecule has 2 amide bonds. The number of imide groups is 1. The van der Waals surface area contributed by atoms with Crippen LogP contribution in [0.1, 0.15) is 0 Å². The van der Waals surface area contributed by atoms with Gasteiger partial charge in [0.15, 0.2) is 0 Å². The molecule has 0 spiro atoms. The van der Waals surface area contributed by atoms with Gasteiger partial charge in [0.25, 0.3) is 11.8 Å². The van der Waals surface area contributed by atoms with Crippen LogP contribution in [0, 0.1) is 0 Å². The Bertz CT molecular complexity index is 203. The Morgan fingerprint density at radius 3 is 1.44 bits per heavy atom. The van der Waals surface area contributed by atoms with Gasteiger partial charge in [0.05, 0.1) is 0 Å². The van der Waals surface area contributed by atoms with Gasteiger partial charge in [-0.1, -0.05) is 13.2 Å². The molecule has 1 fully saturated rings. The fraction of sp³-hybridized carbons (Fsp3) is 0. The van der Waals surface area contributed by atoms with Gasteiger partial charge in [-0.3, -0.25) is 14.9 Å². The molecular formula is C6H5NO2. The van der Waals surface area contributed by atoms with Crippen molar-refractivity contribution in [2.24, 2.45) is 0 Å². The number of hydrogen-bond acceptors (Lipinski definition) is 2.